The van der Waals surface area contributed by atoms with Crippen LogP contribution >= 0.6 is 0 Å². The van der Waals surface area contributed by atoms with Crippen molar-refractivity contribution in [1.29, 1.82) is 0 Å². The average Bonchev–Trinajstić information content (AvgIpc) is 2.74. The summed E-state index contributed by atoms with van der Waals surface area (Å²) in [5.41, 5.74) is 3.30. The number of benzene rings is 3. The molecule has 1 amide bonds. The quantitative estimate of drug-likeness (QED) is 0.544. The van der Waals surface area contributed by atoms with E-state index in [2.05, 4.69) is 5.32 Å². The van der Waals surface area contributed by atoms with Gasteiger partial charge in [-0.3, -0.25) is 9.10 Å². The van der Waals surface area contributed by atoms with Crippen LogP contribution in [-0.2, 0) is 21.4 Å². The van der Waals surface area contributed by atoms with Crippen molar-refractivity contribution < 1.29 is 22.3 Å². The Morgan fingerprint density at radius 3 is 2.19 bits per heavy atom. The van der Waals surface area contributed by atoms with E-state index in [1.807, 2.05) is 32.0 Å². The molecule has 3 aromatic carbocycles. The van der Waals surface area contributed by atoms with Gasteiger partial charge in [-0.25, -0.2) is 12.8 Å². The number of ether oxygens (including phenoxy) is 1. The number of hydrogen-bond acceptors (Lipinski definition) is 4. The number of nitrogens with one attached hydrogen (secondary N) is 1. The summed E-state index contributed by atoms with van der Waals surface area (Å²) in [6.07, 6.45) is 1.07. The third-order valence-electron chi connectivity index (χ3n) is 4.91. The van der Waals surface area contributed by atoms with E-state index in [1.165, 1.54) is 6.07 Å². The summed E-state index contributed by atoms with van der Waals surface area (Å²) >= 11 is 0. The molecule has 0 saturated carbocycles. The highest BCUT2D eigenvalue weighted by Gasteiger charge is 2.19. The summed E-state index contributed by atoms with van der Waals surface area (Å²) in [5, 5.41) is 2.84. The van der Waals surface area contributed by atoms with E-state index in [1.54, 1.807) is 42.5 Å². The van der Waals surface area contributed by atoms with Crippen LogP contribution in [0.3, 0.4) is 0 Å². The summed E-state index contributed by atoms with van der Waals surface area (Å²) < 4.78 is 45.3. The normalized spacial score (nSPS) is 11.1. The summed E-state index contributed by atoms with van der Waals surface area (Å²) in [5.74, 6) is -0.371. The fourth-order valence-electron chi connectivity index (χ4n) is 3.23. The number of para-hydroxylation sites is 1. The van der Waals surface area contributed by atoms with Crippen LogP contribution in [0.2, 0.25) is 0 Å². The number of amides is 1. The summed E-state index contributed by atoms with van der Waals surface area (Å²) in [6.45, 7) is 3.50. The second-order valence-corrected chi connectivity index (χ2v) is 9.37. The van der Waals surface area contributed by atoms with Crippen molar-refractivity contribution in [3.8, 4) is 5.75 Å². The third kappa shape index (κ3) is 5.85. The molecular formula is C24H25FN2O4S. The topological polar surface area (TPSA) is 75.7 Å². The minimum atomic E-state index is -3.65. The third-order valence-corrected chi connectivity index (χ3v) is 6.05. The standard InChI is InChI=1S/C24H25FN2O4S/c1-17-7-6-8-18(2)24(17)26-23(28)16-31-21-13-11-20(12-14-21)27(32(3,29)30)15-19-9-4-5-10-22(19)25/h4-14H,15-16H2,1-3H3,(H,26,28). The number of carbonyl (C=O) groups excluding carboxylic acids is 1. The van der Waals surface area contributed by atoms with Gasteiger partial charge in [-0.05, 0) is 55.3 Å². The van der Waals surface area contributed by atoms with Gasteiger partial charge in [0, 0.05) is 11.3 Å². The molecule has 0 aromatic heterocycles. The van der Waals surface area contributed by atoms with Gasteiger partial charge in [-0.15, -0.1) is 0 Å². The smallest absolute Gasteiger partial charge is 0.262 e. The molecule has 8 heteroatoms. The Labute approximate surface area is 187 Å². The number of halogens is 1. The van der Waals surface area contributed by atoms with Crippen LogP contribution in [0, 0.1) is 19.7 Å². The Morgan fingerprint density at radius 2 is 1.59 bits per heavy atom. The summed E-state index contributed by atoms with van der Waals surface area (Å²) in [7, 11) is -3.65. The molecule has 0 heterocycles. The van der Waals surface area contributed by atoms with E-state index in [-0.39, 0.29) is 24.6 Å². The van der Waals surface area contributed by atoms with Crippen molar-refractivity contribution in [2.75, 3.05) is 22.5 Å². The molecule has 32 heavy (non-hydrogen) atoms. The maximum atomic E-state index is 14.0. The van der Waals surface area contributed by atoms with Gasteiger partial charge >= 0.3 is 0 Å². The van der Waals surface area contributed by atoms with E-state index in [0.717, 1.165) is 27.4 Å². The van der Waals surface area contributed by atoms with Crippen molar-refractivity contribution >= 4 is 27.3 Å². The Morgan fingerprint density at radius 1 is 0.969 bits per heavy atom. The predicted octanol–water partition coefficient (Wildman–Crippen LogP) is 4.43. The maximum absolute atomic E-state index is 14.0. The number of nitrogens with zero attached hydrogens (tertiary/aromatic N) is 1. The largest absolute Gasteiger partial charge is 0.484 e. The van der Waals surface area contributed by atoms with E-state index in [0.29, 0.717) is 11.4 Å². The fraction of sp³-hybridized carbons (Fsp3) is 0.208. The van der Waals surface area contributed by atoms with Crippen LogP contribution < -0.4 is 14.4 Å². The first-order valence-electron chi connectivity index (χ1n) is 9.95. The van der Waals surface area contributed by atoms with Crippen molar-refractivity contribution in [2.24, 2.45) is 0 Å². The highest BCUT2D eigenvalue weighted by Crippen LogP contribution is 2.25. The molecule has 0 atom stereocenters. The second kappa shape index (κ2) is 9.82. The minimum absolute atomic E-state index is 0.135. The highest BCUT2D eigenvalue weighted by atomic mass is 32.2. The first kappa shape index (κ1) is 23.3. The van der Waals surface area contributed by atoms with Crippen LogP contribution in [0.4, 0.5) is 15.8 Å². The summed E-state index contributed by atoms with van der Waals surface area (Å²) in [4.78, 5) is 12.3. The molecule has 0 aliphatic rings. The number of hydrogen-bond donors (Lipinski definition) is 1. The number of rotatable bonds is 8. The number of sulfonamides is 1. The molecule has 0 spiro atoms. The van der Waals surface area contributed by atoms with Gasteiger partial charge in [-0.2, -0.15) is 0 Å². The molecule has 0 saturated heterocycles. The molecule has 1 N–H and O–H groups in total. The Balaban J connectivity index is 1.67. The Bertz CT molecular complexity index is 1190. The molecule has 0 bridgehead atoms. The van der Waals surface area contributed by atoms with E-state index < -0.39 is 15.8 Å². The van der Waals surface area contributed by atoms with Gasteiger partial charge < -0.3 is 10.1 Å². The van der Waals surface area contributed by atoms with Crippen LogP contribution in [0.25, 0.3) is 0 Å². The van der Waals surface area contributed by atoms with Crippen molar-refractivity contribution in [2.45, 2.75) is 20.4 Å². The predicted molar refractivity (Wildman–Crippen MR) is 124 cm³/mol. The average molecular weight is 457 g/mol. The van der Waals surface area contributed by atoms with Gasteiger partial charge in [0.2, 0.25) is 10.0 Å². The van der Waals surface area contributed by atoms with Crippen LogP contribution in [0.1, 0.15) is 16.7 Å². The van der Waals surface area contributed by atoms with Gasteiger partial charge in [0.15, 0.2) is 6.61 Å². The van der Waals surface area contributed by atoms with E-state index in [9.17, 15) is 17.6 Å². The molecule has 3 aromatic rings. The highest BCUT2D eigenvalue weighted by molar-refractivity contribution is 7.92. The SMILES string of the molecule is Cc1cccc(C)c1NC(=O)COc1ccc(N(Cc2ccccc2F)S(C)(=O)=O)cc1. The zero-order valence-electron chi connectivity index (χ0n) is 18.1. The molecule has 3 rings (SSSR count). The lowest BCUT2D eigenvalue weighted by atomic mass is 10.1. The molecule has 6 nitrogen and oxygen atoms in total. The lowest BCUT2D eigenvalue weighted by molar-refractivity contribution is -0.118. The molecule has 0 fully saturated rings. The minimum Gasteiger partial charge on any atom is -0.484 e. The Kier molecular flexibility index (Phi) is 7.15. The van der Waals surface area contributed by atoms with Gasteiger partial charge in [0.25, 0.3) is 5.91 Å². The van der Waals surface area contributed by atoms with Gasteiger partial charge in [0.05, 0.1) is 18.5 Å². The molecule has 0 unspecified atom stereocenters. The second-order valence-electron chi connectivity index (χ2n) is 7.46. The van der Waals surface area contributed by atoms with Crippen LogP contribution in [-0.4, -0.2) is 27.2 Å². The van der Waals surface area contributed by atoms with Crippen LogP contribution in [0.15, 0.2) is 66.7 Å². The first-order valence-corrected chi connectivity index (χ1v) is 11.8. The first-order chi connectivity index (χ1) is 15.1. The zero-order chi connectivity index (χ0) is 23.3. The van der Waals surface area contributed by atoms with Gasteiger partial charge in [0.1, 0.15) is 11.6 Å². The van der Waals surface area contributed by atoms with Crippen LogP contribution in [0.5, 0.6) is 5.75 Å². The van der Waals surface area contributed by atoms with E-state index >= 15 is 0 Å². The lowest BCUT2D eigenvalue weighted by Gasteiger charge is -2.23. The number of carbonyl (C=O) groups is 1. The fourth-order valence-corrected chi connectivity index (χ4v) is 4.10. The number of aryl methyl sites for hydroxylation is 2. The maximum Gasteiger partial charge on any atom is 0.262 e. The van der Waals surface area contributed by atoms with Crippen molar-refractivity contribution in [1.82, 2.24) is 0 Å². The summed E-state index contributed by atoms with van der Waals surface area (Å²) in [6, 6.07) is 18.0. The monoisotopic (exact) mass is 456 g/mol. The molecular weight excluding hydrogens is 431 g/mol. The zero-order valence-corrected chi connectivity index (χ0v) is 18.9. The van der Waals surface area contributed by atoms with E-state index in [4.69, 9.17) is 4.74 Å². The lowest BCUT2D eigenvalue weighted by Crippen LogP contribution is -2.29. The molecule has 0 aliphatic heterocycles. The Hall–Kier alpha value is -3.39. The van der Waals surface area contributed by atoms with Crippen molar-refractivity contribution in [3.63, 3.8) is 0 Å². The molecule has 0 radical (unpaired) electrons. The van der Waals surface area contributed by atoms with Gasteiger partial charge in [-0.1, -0.05) is 36.4 Å². The van der Waals surface area contributed by atoms with Crippen molar-refractivity contribution in [3.05, 3.63) is 89.2 Å². The molecule has 168 valence electrons. The molecule has 0 aliphatic carbocycles. The number of anilines is 2.